The van der Waals surface area contributed by atoms with E-state index in [1.807, 2.05) is 13.8 Å². The maximum atomic E-state index is 14.0. The van der Waals surface area contributed by atoms with E-state index in [-0.39, 0.29) is 29.6 Å². The summed E-state index contributed by atoms with van der Waals surface area (Å²) in [5.41, 5.74) is 7.82. The average molecular weight is 317 g/mol. The van der Waals surface area contributed by atoms with Crippen molar-refractivity contribution in [1.29, 1.82) is 0 Å². The van der Waals surface area contributed by atoms with Crippen LogP contribution in [0.4, 0.5) is 4.39 Å². The number of benzene rings is 1. The van der Waals surface area contributed by atoms with Crippen LogP contribution in [-0.2, 0) is 0 Å². The standard InChI is InChI=1S/C17H20FN3O2/c1-10(2)16-13(9-23-20-16)17(22)21-7-12(15(19)8-21)11-5-3-4-6-14(11)18/h3-6,9-10,12,15H,7-8,19H2,1-2H3/t12-,15+/m0/s1. The number of nitrogens with zero attached hydrogens (tertiary/aromatic N) is 2. The normalized spacial score (nSPS) is 21.2. The second kappa shape index (κ2) is 6.12. The number of amides is 1. The van der Waals surface area contributed by atoms with Crippen molar-refractivity contribution >= 4 is 5.91 Å². The molecular weight excluding hydrogens is 297 g/mol. The van der Waals surface area contributed by atoms with Crippen molar-refractivity contribution in [3.63, 3.8) is 0 Å². The fourth-order valence-corrected chi connectivity index (χ4v) is 3.09. The summed E-state index contributed by atoms with van der Waals surface area (Å²) in [6, 6.07) is 6.29. The topological polar surface area (TPSA) is 72.4 Å². The van der Waals surface area contributed by atoms with E-state index >= 15 is 0 Å². The highest BCUT2D eigenvalue weighted by molar-refractivity contribution is 5.95. The molecule has 5 nitrogen and oxygen atoms in total. The number of halogens is 1. The van der Waals surface area contributed by atoms with Gasteiger partial charge >= 0.3 is 0 Å². The molecule has 0 radical (unpaired) electrons. The van der Waals surface area contributed by atoms with Gasteiger partial charge in [0.1, 0.15) is 17.6 Å². The summed E-state index contributed by atoms with van der Waals surface area (Å²) in [7, 11) is 0. The largest absolute Gasteiger partial charge is 0.364 e. The van der Waals surface area contributed by atoms with Gasteiger partial charge in [-0.15, -0.1) is 0 Å². The maximum Gasteiger partial charge on any atom is 0.259 e. The molecular formula is C17H20FN3O2. The Morgan fingerprint density at radius 2 is 2.13 bits per heavy atom. The van der Waals surface area contributed by atoms with Crippen molar-refractivity contribution in [3.05, 3.63) is 53.2 Å². The predicted octanol–water partition coefficient (Wildman–Crippen LogP) is 2.50. The number of aromatic nitrogens is 1. The minimum absolute atomic E-state index is 0.0892. The molecule has 2 aromatic rings. The lowest BCUT2D eigenvalue weighted by Gasteiger charge is -2.17. The van der Waals surface area contributed by atoms with Gasteiger partial charge in [0, 0.05) is 25.0 Å². The summed E-state index contributed by atoms with van der Waals surface area (Å²) in [4.78, 5) is 14.4. The monoisotopic (exact) mass is 317 g/mol. The van der Waals surface area contributed by atoms with Crippen LogP contribution in [0, 0.1) is 5.82 Å². The van der Waals surface area contributed by atoms with E-state index in [0.29, 0.717) is 29.9 Å². The van der Waals surface area contributed by atoms with Crippen LogP contribution in [0.1, 0.15) is 47.3 Å². The van der Waals surface area contributed by atoms with Gasteiger partial charge < -0.3 is 15.2 Å². The third kappa shape index (κ3) is 2.86. The Balaban J connectivity index is 1.82. The Bertz CT molecular complexity index is 713. The fourth-order valence-electron chi connectivity index (χ4n) is 3.09. The van der Waals surface area contributed by atoms with Crippen molar-refractivity contribution in [1.82, 2.24) is 10.1 Å². The Hall–Kier alpha value is -2.21. The van der Waals surface area contributed by atoms with E-state index in [9.17, 15) is 9.18 Å². The molecule has 6 heteroatoms. The van der Waals surface area contributed by atoms with Crippen LogP contribution in [0.15, 0.2) is 35.1 Å². The molecule has 0 unspecified atom stereocenters. The molecule has 122 valence electrons. The summed E-state index contributed by atoms with van der Waals surface area (Å²) >= 11 is 0. The Kier molecular flexibility index (Phi) is 4.17. The van der Waals surface area contributed by atoms with Crippen LogP contribution >= 0.6 is 0 Å². The summed E-state index contributed by atoms with van der Waals surface area (Å²) in [5.74, 6) is -0.562. The van der Waals surface area contributed by atoms with Crippen molar-refractivity contribution in [2.45, 2.75) is 31.7 Å². The number of rotatable bonds is 3. The number of nitrogens with two attached hydrogens (primary N) is 1. The highest BCUT2D eigenvalue weighted by Crippen LogP contribution is 2.30. The summed E-state index contributed by atoms with van der Waals surface area (Å²) in [6.45, 7) is 4.68. The minimum atomic E-state index is -0.293. The molecule has 1 fully saturated rings. The molecule has 3 rings (SSSR count). The van der Waals surface area contributed by atoms with E-state index in [1.54, 1.807) is 23.1 Å². The number of likely N-dealkylation sites (tertiary alicyclic amines) is 1. The second-order valence-corrected chi connectivity index (χ2v) is 6.27. The van der Waals surface area contributed by atoms with E-state index in [2.05, 4.69) is 5.16 Å². The molecule has 1 aliphatic rings. The first-order valence-corrected chi connectivity index (χ1v) is 7.72. The third-order valence-electron chi connectivity index (χ3n) is 4.33. The molecule has 1 saturated heterocycles. The molecule has 0 aliphatic carbocycles. The first-order chi connectivity index (χ1) is 11.0. The molecule has 1 aromatic heterocycles. The highest BCUT2D eigenvalue weighted by Gasteiger charge is 2.36. The number of hydrogen-bond acceptors (Lipinski definition) is 4. The van der Waals surface area contributed by atoms with Gasteiger partial charge in [-0.25, -0.2) is 4.39 Å². The van der Waals surface area contributed by atoms with Gasteiger partial charge in [0.25, 0.3) is 5.91 Å². The third-order valence-corrected chi connectivity index (χ3v) is 4.33. The van der Waals surface area contributed by atoms with Crippen molar-refractivity contribution in [2.24, 2.45) is 5.73 Å². The van der Waals surface area contributed by atoms with Crippen LogP contribution < -0.4 is 5.73 Å². The van der Waals surface area contributed by atoms with Gasteiger partial charge in [-0.3, -0.25) is 4.79 Å². The maximum absolute atomic E-state index is 14.0. The first kappa shape index (κ1) is 15.7. The molecule has 23 heavy (non-hydrogen) atoms. The molecule has 1 aromatic carbocycles. The van der Waals surface area contributed by atoms with E-state index < -0.39 is 0 Å². The zero-order chi connectivity index (χ0) is 16.6. The lowest BCUT2D eigenvalue weighted by molar-refractivity contribution is 0.0787. The van der Waals surface area contributed by atoms with Crippen LogP contribution in [0.5, 0.6) is 0 Å². The van der Waals surface area contributed by atoms with Gasteiger partial charge in [-0.05, 0) is 17.5 Å². The summed E-state index contributed by atoms with van der Waals surface area (Å²) < 4.78 is 19.0. The van der Waals surface area contributed by atoms with E-state index in [0.717, 1.165) is 0 Å². The summed E-state index contributed by atoms with van der Waals surface area (Å²) in [5, 5.41) is 3.90. The van der Waals surface area contributed by atoms with Crippen molar-refractivity contribution < 1.29 is 13.7 Å². The Labute approximate surface area is 134 Å². The van der Waals surface area contributed by atoms with Gasteiger partial charge in [-0.2, -0.15) is 0 Å². The molecule has 2 N–H and O–H groups in total. The van der Waals surface area contributed by atoms with E-state index in [4.69, 9.17) is 10.3 Å². The molecule has 0 bridgehead atoms. The zero-order valence-electron chi connectivity index (χ0n) is 13.2. The molecule has 0 saturated carbocycles. The van der Waals surface area contributed by atoms with Gasteiger partial charge in [0.2, 0.25) is 0 Å². The molecule has 2 atom stereocenters. The number of carbonyl (C=O) groups excluding carboxylic acids is 1. The highest BCUT2D eigenvalue weighted by atomic mass is 19.1. The fraction of sp³-hybridized carbons (Fsp3) is 0.412. The number of carbonyl (C=O) groups is 1. The van der Waals surface area contributed by atoms with Crippen LogP contribution in [0.25, 0.3) is 0 Å². The number of hydrogen-bond donors (Lipinski definition) is 1. The minimum Gasteiger partial charge on any atom is -0.364 e. The Morgan fingerprint density at radius 1 is 1.39 bits per heavy atom. The molecule has 2 heterocycles. The SMILES string of the molecule is CC(C)c1nocc1C(=O)N1C[C@@H](N)[C@H](c2ccccc2F)C1. The van der Waals surface area contributed by atoms with Crippen molar-refractivity contribution in [2.75, 3.05) is 13.1 Å². The Morgan fingerprint density at radius 3 is 2.83 bits per heavy atom. The van der Waals surface area contributed by atoms with Crippen LogP contribution in [-0.4, -0.2) is 35.1 Å². The smallest absolute Gasteiger partial charge is 0.259 e. The van der Waals surface area contributed by atoms with E-state index in [1.165, 1.54) is 12.3 Å². The molecule has 1 aliphatic heterocycles. The molecule has 0 spiro atoms. The second-order valence-electron chi connectivity index (χ2n) is 6.27. The quantitative estimate of drug-likeness (QED) is 0.944. The average Bonchev–Trinajstić information content (AvgIpc) is 3.14. The van der Waals surface area contributed by atoms with Crippen LogP contribution in [0.2, 0.25) is 0 Å². The summed E-state index contributed by atoms with van der Waals surface area (Å²) in [6.07, 6.45) is 1.37. The lowest BCUT2D eigenvalue weighted by Crippen LogP contribution is -2.32. The van der Waals surface area contributed by atoms with Crippen molar-refractivity contribution in [3.8, 4) is 0 Å². The zero-order valence-corrected chi connectivity index (χ0v) is 13.2. The lowest BCUT2D eigenvalue weighted by atomic mass is 9.94. The first-order valence-electron chi connectivity index (χ1n) is 7.72. The molecule has 1 amide bonds. The van der Waals surface area contributed by atoms with Crippen LogP contribution in [0.3, 0.4) is 0 Å². The predicted molar refractivity (Wildman–Crippen MR) is 83.6 cm³/mol. The van der Waals surface area contributed by atoms with Gasteiger partial charge in [0.15, 0.2) is 0 Å². The van der Waals surface area contributed by atoms with Gasteiger partial charge in [0.05, 0.1) is 5.69 Å². The van der Waals surface area contributed by atoms with Gasteiger partial charge in [-0.1, -0.05) is 37.2 Å².